The predicted molar refractivity (Wildman–Crippen MR) is 89.1 cm³/mol. The highest BCUT2D eigenvalue weighted by atomic mass is 16.6. The van der Waals surface area contributed by atoms with E-state index in [4.69, 9.17) is 9.47 Å². The van der Waals surface area contributed by atoms with Gasteiger partial charge in [-0.2, -0.15) is 5.26 Å². The first-order valence-electron chi connectivity index (χ1n) is 7.45. The van der Waals surface area contributed by atoms with E-state index in [0.29, 0.717) is 5.56 Å². The number of benzene rings is 1. The highest BCUT2D eigenvalue weighted by Crippen LogP contribution is 2.40. The molecule has 0 aliphatic carbocycles. The molecular formula is C17H15N3O6. The maximum atomic E-state index is 12.3. The maximum Gasteiger partial charge on any atom is 0.337 e. The van der Waals surface area contributed by atoms with E-state index >= 15 is 0 Å². The van der Waals surface area contributed by atoms with Crippen LogP contribution >= 0.6 is 0 Å². The molecule has 0 spiro atoms. The Morgan fingerprint density at radius 2 is 2.00 bits per heavy atom. The fourth-order valence-electron chi connectivity index (χ4n) is 2.90. The number of non-ortho nitro benzene ring substituents is 1. The first-order chi connectivity index (χ1) is 12.3. The summed E-state index contributed by atoms with van der Waals surface area (Å²) in [4.78, 5) is 39.2. The first-order valence-corrected chi connectivity index (χ1v) is 7.45. The Balaban J connectivity index is 2.77. The minimum atomic E-state index is -1.02. The van der Waals surface area contributed by atoms with Gasteiger partial charge in [-0.3, -0.25) is 14.9 Å². The van der Waals surface area contributed by atoms with Crippen LogP contribution in [0.2, 0.25) is 0 Å². The van der Waals surface area contributed by atoms with Gasteiger partial charge < -0.3 is 9.47 Å². The van der Waals surface area contributed by atoms with Crippen LogP contribution in [0.15, 0.2) is 40.5 Å². The second-order valence-corrected chi connectivity index (χ2v) is 5.45. The van der Waals surface area contributed by atoms with Crippen molar-refractivity contribution in [2.45, 2.75) is 12.8 Å². The van der Waals surface area contributed by atoms with Gasteiger partial charge in [0, 0.05) is 23.8 Å². The van der Waals surface area contributed by atoms with Crippen LogP contribution in [0.1, 0.15) is 18.4 Å². The molecule has 9 heteroatoms. The summed E-state index contributed by atoms with van der Waals surface area (Å²) in [6, 6.07) is 7.32. The van der Waals surface area contributed by atoms with E-state index in [9.17, 15) is 25.0 Å². The zero-order valence-corrected chi connectivity index (χ0v) is 14.3. The van der Waals surface area contributed by atoms with Crippen LogP contribution < -0.4 is 0 Å². The molecule has 2 rings (SSSR count). The number of hydrogen-bond donors (Lipinski definition) is 0. The quantitative estimate of drug-likeness (QED) is 0.456. The third-order valence-corrected chi connectivity index (χ3v) is 4.04. The predicted octanol–water partition coefficient (Wildman–Crippen LogP) is 1.89. The van der Waals surface area contributed by atoms with E-state index in [0.717, 1.165) is 7.11 Å². The average Bonchev–Trinajstić information content (AvgIpc) is 2.65. The molecular weight excluding hydrogens is 342 g/mol. The van der Waals surface area contributed by atoms with E-state index in [-0.39, 0.29) is 22.7 Å². The van der Waals surface area contributed by atoms with Gasteiger partial charge in [0.1, 0.15) is 12.0 Å². The van der Waals surface area contributed by atoms with Crippen molar-refractivity contribution in [3.05, 3.63) is 51.2 Å². The summed E-state index contributed by atoms with van der Waals surface area (Å²) in [5.74, 6) is -3.54. The molecule has 1 aliphatic rings. The third-order valence-electron chi connectivity index (χ3n) is 4.04. The van der Waals surface area contributed by atoms with Crippen molar-refractivity contribution in [2.24, 2.45) is 10.9 Å². The SMILES string of the molecule is COC(=O)C1=C(C#N)N=C(C)C(C(=O)OC)C1c1cccc([N+](=O)[O-])c1. The van der Waals surface area contributed by atoms with Crippen molar-refractivity contribution < 1.29 is 24.0 Å². The standard InChI is InChI=1S/C17H15N3O6/c1-9-13(16(21)25-2)14(10-5-4-6-11(7-10)20(23)24)15(17(22)26-3)12(8-18)19-9/h4-7,13-14H,1-3H3. The minimum absolute atomic E-state index is 0.142. The van der Waals surface area contributed by atoms with Gasteiger partial charge in [0.2, 0.25) is 0 Å². The summed E-state index contributed by atoms with van der Waals surface area (Å²) < 4.78 is 9.55. The molecule has 1 heterocycles. The van der Waals surface area contributed by atoms with Gasteiger partial charge >= 0.3 is 11.9 Å². The molecule has 1 aliphatic heterocycles. The number of nitriles is 1. The number of nitro groups is 1. The van der Waals surface area contributed by atoms with Crippen molar-refractivity contribution in [1.82, 2.24) is 0 Å². The highest BCUT2D eigenvalue weighted by Gasteiger charge is 2.43. The Kier molecular flexibility index (Phi) is 5.47. The van der Waals surface area contributed by atoms with Crippen molar-refractivity contribution in [1.29, 1.82) is 5.26 Å². The van der Waals surface area contributed by atoms with Crippen LogP contribution in [0.5, 0.6) is 0 Å². The van der Waals surface area contributed by atoms with Crippen LogP contribution in [0, 0.1) is 27.4 Å². The number of methoxy groups -OCH3 is 2. The van der Waals surface area contributed by atoms with Crippen LogP contribution in [0.25, 0.3) is 0 Å². The lowest BCUT2D eigenvalue weighted by Crippen LogP contribution is -2.36. The zero-order chi connectivity index (χ0) is 19.4. The Hall–Kier alpha value is -3.54. The van der Waals surface area contributed by atoms with Crippen LogP contribution in [0.4, 0.5) is 5.69 Å². The molecule has 134 valence electrons. The molecule has 0 saturated heterocycles. The summed E-state index contributed by atoms with van der Waals surface area (Å²) >= 11 is 0. The Labute approximate surface area is 148 Å². The fourth-order valence-corrected chi connectivity index (χ4v) is 2.90. The molecule has 26 heavy (non-hydrogen) atoms. The Bertz CT molecular complexity index is 881. The number of nitro benzene ring substituents is 1. The Morgan fingerprint density at radius 3 is 2.54 bits per heavy atom. The van der Waals surface area contributed by atoms with Crippen molar-refractivity contribution >= 4 is 23.3 Å². The van der Waals surface area contributed by atoms with E-state index in [1.807, 2.05) is 6.07 Å². The Morgan fingerprint density at radius 1 is 1.31 bits per heavy atom. The number of carbonyl (C=O) groups is 2. The van der Waals surface area contributed by atoms with E-state index < -0.39 is 28.7 Å². The second-order valence-electron chi connectivity index (χ2n) is 5.45. The van der Waals surface area contributed by atoms with E-state index in [2.05, 4.69) is 4.99 Å². The molecule has 2 unspecified atom stereocenters. The first kappa shape index (κ1) is 18.8. The summed E-state index contributed by atoms with van der Waals surface area (Å²) in [5, 5.41) is 20.5. The van der Waals surface area contributed by atoms with Gasteiger partial charge in [-0.25, -0.2) is 9.79 Å². The van der Waals surface area contributed by atoms with Gasteiger partial charge in [0.25, 0.3) is 5.69 Å². The number of esters is 2. The molecule has 0 aromatic heterocycles. The number of carbonyl (C=O) groups excluding carboxylic acids is 2. The summed E-state index contributed by atoms with van der Waals surface area (Å²) in [5.41, 5.74) is 0.00562. The number of nitrogens with zero attached hydrogens (tertiary/aromatic N) is 3. The third kappa shape index (κ3) is 3.30. The molecule has 0 radical (unpaired) electrons. The molecule has 9 nitrogen and oxygen atoms in total. The van der Waals surface area contributed by atoms with Crippen LogP contribution in [-0.4, -0.2) is 36.8 Å². The number of rotatable bonds is 4. The van der Waals surface area contributed by atoms with Gasteiger partial charge in [-0.1, -0.05) is 12.1 Å². The fraction of sp³-hybridized carbons (Fsp3) is 0.294. The van der Waals surface area contributed by atoms with Crippen molar-refractivity contribution in [3.8, 4) is 6.07 Å². The molecule has 0 N–H and O–H groups in total. The highest BCUT2D eigenvalue weighted by molar-refractivity contribution is 6.07. The maximum absolute atomic E-state index is 12.3. The largest absolute Gasteiger partial charge is 0.468 e. The lowest BCUT2D eigenvalue weighted by atomic mass is 9.75. The topological polar surface area (TPSA) is 132 Å². The minimum Gasteiger partial charge on any atom is -0.468 e. The lowest BCUT2D eigenvalue weighted by molar-refractivity contribution is -0.384. The molecule has 1 aromatic carbocycles. The van der Waals surface area contributed by atoms with Gasteiger partial charge in [-0.15, -0.1) is 0 Å². The summed E-state index contributed by atoms with van der Waals surface area (Å²) in [6.07, 6.45) is 0. The second kappa shape index (κ2) is 7.57. The zero-order valence-electron chi connectivity index (χ0n) is 14.3. The van der Waals surface area contributed by atoms with Gasteiger partial charge in [0.15, 0.2) is 5.70 Å². The monoisotopic (exact) mass is 357 g/mol. The number of ether oxygens (including phenoxy) is 2. The normalized spacial score (nSPS) is 19.2. The van der Waals surface area contributed by atoms with E-state index in [1.165, 1.54) is 38.3 Å². The molecule has 0 amide bonds. The number of aliphatic imine (C=N–C) groups is 1. The molecule has 0 fully saturated rings. The molecule has 0 bridgehead atoms. The summed E-state index contributed by atoms with van der Waals surface area (Å²) in [6.45, 7) is 1.53. The van der Waals surface area contributed by atoms with Gasteiger partial charge in [-0.05, 0) is 12.5 Å². The van der Waals surface area contributed by atoms with Gasteiger partial charge in [0.05, 0.1) is 24.7 Å². The van der Waals surface area contributed by atoms with Crippen molar-refractivity contribution in [3.63, 3.8) is 0 Å². The lowest BCUT2D eigenvalue weighted by Gasteiger charge is -2.30. The number of allylic oxidation sites excluding steroid dienone is 1. The summed E-state index contributed by atoms with van der Waals surface area (Å²) in [7, 11) is 2.31. The number of hydrogen-bond acceptors (Lipinski definition) is 8. The molecule has 2 atom stereocenters. The van der Waals surface area contributed by atoms with E-state index in [1.54, 1.807) is 0 Å². The molecule has 0 saturated carbocycles. The van der Waals surface area contributed by atoms with Crippen LogP contribution in [0.3, 0.4) is 0 Å². The smallest absolute Gasteiger partial charge is 0.337 e. The van der Waals surface area contributed by atoms with Crippen LogP contribution in [-0.2, 0) is 19.1 Å². The average molecular weight is 357 g/mol. The molecule has 1 aromatic rings. The van der Waals surface area contributed by atoms with Crippen molar-refractivity contribution in [2.75, 3.05) is 14.2 Å².